The number of Topliss-reactive ketones (excluding diaryl/α,β-unsaturated/α-hetero) is 2. The predicted octanol–water partition coefficient (Wildman–Crippen LogP) is 1.93. The lowest BCUT2D eigenvalue weighted by Crippen LogP contribution is -2.24. The van der Waals surface area contributed by atoms with Crippen LogP contribution in [-0.2, 0) is 4.79 Å². The lowest BCUT2D eigenvalue weighted by atomic mass is 9.85. The zero-order chi connectivity index (χ0) is 13.4. The van der Waals surface area contributed by atoms with Crippen molar-refractivity contribution in [3.05, 3.63) is 28.8 Å². The molecule has 0 aromatic heterocycles. The van der Waals surface area contributed by atoms with Crippen LogP contribution >= 0.6 is 0 Å². The van der Waals surface area contributed by atoms with Crippen molar-refractivity contribution in [2.24, 2.45) is 0 Å². The van der Waals surface area contributed by atoms with Gasteiger partial charge in [0, 0.05) is 5.57 Å². The van der Waals surface area contributed by atoms with Gasteiger partial charge >= 0.3 is 0 Å². The molecule has 0 radical (unpaired) electrons. The van der Waals surface area contributed by atoms with E-state index in [0.717, 1.165) is 12.1 Å². The molecule has 5 nitrogen and oxygen atoms in total. The number of aliphatic hydroxyl groups excluding tert-OH is 1. The van der Waals surface area contributed by atoms with E-state index >= 15 is 0 Å². The molecule has 3 N–H and O–H groups in total. The average Bonchev–Trinajstić information content (AvgIpc) is 2.34. The summed E-state index contributed by atoms with van der Waals surface area (Å²) in [5.41, 5.74) is -0.517. The second-order valence-electron chi connectivity index (χ2n) is 4.09. The molecular formula is C13H12O5. The van der Waals surface area contributed by atoms with Crippen molar-refractivity contribution >= 4 is 17.3 Å². The number of benzene rings is 1. The maximum atomic E-state index is 11.9. The molecule has 94 valence electrons. The molecule has 1 aliphatic carbocycles. The Labute approximate surface area is 103 Å². The van der Waals surface area contributed by atoms with Gasteiger partial charge in [-0.2, -0.15) is 0 Å². The number of carbonyl (C=O) groups excluding carboxylic acids is 2. The number of carbonyl (C=O) groups is 2. The van der Waals surface area contributed by atoms with Gasteiger partial charge in [-0.15, -0.1) is 0 Å². The summed E-state index contributed by atoms with van der Waals surface area (Å²) in [6.07, 6.45) is 0.818. The highest BCUT2D eigenvalue weighted by Crippen LogP contribution is 2.39. The fourth-order valence-corrected chi connectivity index (χ4v) is 2.04. The number of allylic oxidation sites excluding steroid dienone is 1. The van der Waals surface area contributed by atoms with Gasteiger partial charge in [-0.25, -0.2) is 0 Å². The van der Waals surface area contributed by atoms with Gasteiger partial charge in [-0.05, 0) is 18.6 Å². The van der Waals surface area contributed by atoms with Crippen molar-refractivity contribution in [2.45, 2.75) is 19.8 Å². The number of phenols is 2. The zero-order valence-corrected chi connectivity index (χ0v) is 9.73. The number of ketones is 2. The number of aliphatic hydroxyl groups is 1. The van der Waals surface area contributed by atoms with Crippen LogP contribution in [0.15, 0.2) is 17.7 Å². The van der Waals surface area contributed by atoms with Gasteiger partial charge in [0.1, 0.15) is 17.3 Å². The predicted molar refractivity (Wildman–Crippen MR) is 63.6 cm³/mol. The lowest BCUT2D eigenvalue weighted by molar-refractivity contribution is -0.112. The van der Waals surface area contributed by atoms with Crippen molar-refractivity contribution in [3.8, 4) is 11.5 Å². The van der Waals surface area contributed by atoms with Gasteiger partial charge in [0.15, 0.2) is 0 Å². The Bertz CT molecular complexity index is 583. The van der Waals surface area contributed by atoms with E-state index in [9.17, 15) is 24.9 Å². The zero-order valence-electron chi connectivity index (χ0n) is 9.73. The Morgan fingerprint density at radius 3 is 2.06 bits per heavy atom. The SMILES string of the molecule is CCCC1=C(O)c2c(O)ccc(O)c2C(=O)C1=O. The molecule has 1 aromatic carbocycles. The van der Waals surface area contributed by atoms with Gasteiger partial charge in [-0.1, -0.05) is 13.3 Å². The standard InChI is InChI=1S/C13H12O5/c1-2-3-6-11(16)9-7(14)4-5-8(15)10(9)13(18)12(6)17/h4-5,14-16H,2-3H2,1H3. The average molecular weight is 248 g/mol. The van der Waals surface area contributed by atoms with Crippen molar-refractivity contribution in [2.75, 3.05) is 0 Å². The minimum absolute atomic E-state index is 0.0177. The number of aromatic hydroxyl groups is 2. The third kappa shape index (κ3) is 1.55. The van der Waals surface area contributed by atoms with E-state index in [4.69, 9.17) is 0 Å². The molecular weight excluding hydrogens is 236 g/mol. The smallest absolute Gasteiger partial charge is 0.237 e. The highest BCUT2D eigenvalue weighted by molar-refractivity contribution is 6.52. The van der Waals surface area contributed by atoms with Gasteiger partial charge in [0.2, 0.25) is 11.6 Å². The van der Waals surface area contributed by atoms with E-state index in [2.05, 4.69) is 0 Å². The Morgan fingerprint density at radius 2 is 1.50 bits per heavy atom. The van der Waals surface area contributed by atoms with Crippen LogP contribution in [0.2, 0.25) is 0 Å². The number of rotatable bonds is 2. The fourth-order valence-electron chi connectivity index (χ4n) is 2.04. The van der Waals surface area contributed by atoms with Crippen LogP contribution in [0.25, 0.3) is 5.76 Å². The van der Waals surface area contributed by atoms with Crippen LogP contribution in [0, 0.1) is 0 Å². The second-order valence-corrected chi connectivity index (χ2v) is 4.09. The van der Waals surface area contributed by atoms with E-state index in [1.807, 2.05) is 0 Å². The Morgan fingerprint density at radius 1 is 0.944 bits per heavy atom. The van der Waals surface area contributed by atoms with E-state index in [0.29, 0.717) is 6.42 Å². The molecule has 1 aliphatic rings. The van der Waals surface area contributed by atoms with Crippen LogP contribution in [0.1, 0.15) is 35.7 Å². The highest BCUT2D eigenvalue weighted by Gasteiger charge is 2.36. The van der Waals surface area contributed by atoms with Crippen molar-refractivity contribution in [1.29, 1.82) is 0 Å². The number of fused-ring (bicyclic) bond motifs is 1. The van der Waals surface area contributed by atoms with E-state index in [1.165, 1.54) is 0 Å². The van der Waals surface area contributed by atoms with Gasteiger partial charge in [0.25, 0.3) is 0 Å². The summed E-state index contributed by atoms with van der Waals surface area (Å²) >= 11 is 0. The van der Waals surface area contributed by atoms with Crippen LogP contribution in [0.4, 0.5) is 0 Å². The molecule has 0 saturated heterocycles. The van der Waals surface area contributed by atoms with Gasteiger partial charge < -0.3 is 15.3 Å². The molecule has 0 atom stereocenters. The Kier molecular flexibility index (Phi) is 2.82. The molecule has 1 aromatic rings. The Hall–Kier alpha value is -2.30. The van der Waals surface area contributed by atoms with Gasteiger partial charge in [0.05, 0.1) is 11.1 Å². The minimum Gasteiger partial charge on any atom is -0.507 e. The van der Waals surface area contributed by atoms with Crippen LogP contribution in [0.3, 0.4) is 0 Å². The molecule has 0 saturated carbocycles. The summed E-state index contributed by atoms with van der Waals surface area (Å²) in [6.45, 7) is 1.80. The minimum atomic E-state index is -0.903. The van der Waals surface area contributed by atoms with Crippen LogP contribution < -0.4 is 0 Å². The summed E-state index contributed by atoms with van der Waals surface area (Å²) in [4.78, 5) is 23.6. The molecule has 0 unspecified atom stereocenters. The number of hydrogen-bond acceptors (Lipinski definition) is 5. The van der Waals surface area contributed by atoms with Crippen molar-refractivity contribution < 1.29 is 24.9 Å². The molecule has 18 heavy (non-hydrogen) atoms. The summed E-state index contributed by atoms with van der Waals surface area (Å²) in [6, 6.07) is 2.27. The summed E-state index contributed by atoms with van der Waals surface area (Å²) < 4.78 is 0. The third-order valence-corrected chi connectivity index (χ3v) is 2.89. The van der Waals surface area contributed by atoms with Crippen molar-refractivity contribution in [3.63, 3.8) is 0 Å². The monoisotopic (exact) mass is 248 g/mol. The molecule has 0 bridgehead atoms. The highest BCUT2D eigenvalue weighted by atomic mass is 16.3. The lowest BCUT2D eigenvalue weighted by Gasteiger charge is -2.19. The van der Waals surface area contributed by atoms with Crippen LogP contribution in [0.5, 0.6) is 11.5 Å². The molecule has 5 heteroatoms. The quantitative estimate of drug-likeness (QED) is 0.549. The van der Waals surface area contributed by atoms with E-state index in [-0.39, 0.29) is 28.9 Å². The largest absolute Gasteiger partial charge is 0.507 e. The van der Waals surface area contributed by atoms with Gasteiger partial charge in [-0.3, -0.25) is 9.59 Å². The number of hydrogen-bond donors (Lipinski definition) is 3. The normalized spacial score (nSPS) is 14.9. The summed E-state index contributed by atoms with van der Waals surface area (Å²) in [5.74, 6) is -2.93. The number of phenolic OH excluding ortho intramolecular Hbond substituents is 2. The van der Waals surface area contributed by atoms with Crippen molar-refractivity contribution in [1.82, 2.24) is 0 Å². The summed E-state index contributed by atoms with van der Waals surface area (Å²) in [5, 5.41) is 29.2. The molecule has 2 rings (SSSR count). The topological polar surface area (TPSA) is 94.8 Å². The molecule has 0 spiro atoms. The maximum absolute atomic E-state index is 11.9. The third-order valence-electron chi connectivity index (χ3n) is 2.89. The van der Waals surface area contributed by atoms with Crippen LogP contribution in [-0.4, -0.2) is 26.9 Å². The Balaban J connectivity index is 2.79. The first-order valence-electron chi connectivity index (χ1n) is 5.55. The maximum Gasteiger partial charge on any atom is 0.237 e. The summed E-state index contributed by atoms with van der Waals surface area (Å²) in [7, 11) is 0. The first-order valence-corrected chi connectivity index (χ1v) is 5.55. The molecule has 0 aliphatic heterocycles. The molecule has 0 amide bonds. The first kappa shape index (κ1) is 12.2. The first-order chi connectivity index (χ1) is 8.49. The molecule has 0 fully saturated rings. The van der Waals surface area contributed by atoms with E-state index in [1.54, 1.807) is 6.92 Å². The second kappa shape index (κ2) is 4.18. The molecule has 0 heterocycles. The van der Waals surface area contributed by atoms with E-state index < -0.39 is 23.1 Å². The fraction of sp³-hybridized carbons (Fsp3) is 0.231.